The minimum Gasteiger partial charge on any atom is -0.340 e. The van der Waals surface area contributed by atoms with Gasteiger partial charge in [-0.15, -0.1) is 0 Å². The first-order chi connectivity index (χ1) is 15.3. The van der Waals surface area contributed by atoms with Crippen LogP contribution in [0.1, 0.15) is 36.2 Å². The highest BCUT2D eigenvalue weighted by Crippen LogP contribution is 2.16. The molecule has 1 aliphatic rings. The zero-order valence-electron chi connectivity index (χ0n) is 19.1. The van der Waals surface area contributed by atoms with Crippen molar-refractivity contribution in [3.8, 4) is 0 Å². The van der Waals surface area contributed by atoms with E-state index < -0.39 is 6.04 Å². The number of amides is 2. The molecule has 1 atom stereocenters. The standard InChI is InChI=1S/C25H33ClN4O2/c1-18(2)15-23(28-24(31)20-7-9-21(26)10-8-20)25(32)27-22-6-4-5-19(16-22)17-30-13-11-29(3)12-14-30/h4-10,16,18,23H,11-15,17H2,1-3H3,(H,27,32)(H,28,31). The summed E-state index contributed by atoms with van der Waals surface area (Å²) in [7, 11) is 2.15. The number of hydrogen-bond donors (Lipinski definition) is 2. The molecule has 2 amide bonds. The van der Waals surface area contributed by atoms with E-state index in [2.05, 4.69) is 33.5 Å². The Morgan fingerprint density at radius 3 is 2.38 bits per heavy atom. The zero-order valence-corrected chi connectivity index (χ0v) is 19.9. The Balaban J connectivity index is 1.64. The maximum absolute atomic E-state index is 13.0. The van der Waals surface area contributed by atoms with Crippen molar-refractivity contribution in [3.05, 3.63) is 64.7 Å². The van der Waals surface area contributed by atoms with Gasteiger partial charge in [0.25, 0.3) is 5.91 Å². The fraction of sp³-hybridized carbons (Fsp3) is 0.440. The molecule has 1 saturated heterocycles. The third kappa shape index (κ3) is 7.33. The molecule has 1 heterocycles. The minimum absolute atomic E-state index is 0.210. The lowest BCUT2D eigenvalue weighted by Crippen LogP contribution is -2.44. The predicted octanol–water partition coefficient (Wildman–Crippen LogP) is 3.87. The SMILES string of the molecule is CC(C)CC(NC(=O)c1ccc(Cl)cc1)C(=O)Nc1cccc(CN2CCN(C)CC2)c1. The first kappa shape index (κ1) is 24.2. The molecule has 3 rings (SSSR count). The zero-order chi connectivity index (χ0) is 23.1. The van der Waals surface area contributed by atoms with E-state index in [0.29, 0.717) is 17.0 Å². The summed E-state index contributed by atoms with van der Waals surface area (Å²) in [4.78, 5) is 30.5. The van der Waals surface area contributed by atoms with Gasteiger partial charge in [0, 0.05) is 49.0 Å². The molecule has 172 valence electrons. The predicted molar refractivity (Wildman–Crippen MR) is 130 cm³/mol. The number of anilines is 1. The van der Waals surface area contributed by atoms with Crippen LogP contribution >= 0.6 is 11.6 Å². The summed E-state index contributed by atoms with van der Waals surface area (Å²) in [6.45, 7) is 9.15. The normalized spacial score (nSPS) is 16.0. The monoisotopic (exact) mass is 456 g/mol. The fourth-order valence-corrected chi connectivity index (χ4v) is 3.91. The Morgan fingerprint density at radius 2 is 1.72 bits per heavy atom. The summed E-state index contributed by atoms with van der Waals surface area (Å²) < 4.78 is 0. The van der Waals surface area contributed by atoms with Gasteiger partial charge in [0.15, 0.2) is 0 Å². The van der Waals surface area contributed by atoms with E-state index in [4.69, 9.17) is 11.6 Å². The molecule has 0 aliphatic carbocycles. The Kier molecular flexibility index (Phi) is 8.67. The summed E-state index contributed by atoms with van der Waals surface area (Å²) in [5, 5.41) is 6.44. The molecule has 0 saturated carbocycles. The molecule has 0 radical (unpaired) electrons. The largest absolute Gasteiger partial charge is 0.340 e. The first-order valence-electron chi connectivity index (χ1n) is 11.2. The van der Waals surface area contributed by atoms with Crippen LogP contribution in [0, 0.1) is 5.92 Å². The van der Waals surface area contributed by atoms with Gasteiger partial charge in [0.05, 0.1) is 0 Å². The van der Waals surface area contributed by atoms with Gasteiger partial charge in [-0.05, 0) is 61.3 Å². The van der Waals surface area contributed by atoms with Crippen LogP contribution in [-0.2, 0) is 11.3 Å². The van der Waals surface area contributed by atoms with Crippen LogP contribution in [0.15, 0.2) is 48.5 Å². The van der Waals surface area contributed by atoms with Gasteiger partial charge in [-0.25, -0.2) is 0 Å². The molecule has 0 aromatic heterocycles. The average molecular weight is 457 g/mol. The third-order valence-corrected chi connectivity index (χ3v) is 5.88. The molecule has 2 aromatic carbocycles. The second-order valence-electron chi connectivity index (χ2n) is 8.93. The number of hydrogen-bond acceptors (Lipinski definition) is 4. The summed E-state index contributed by atoms with van der Waals surface area (Å²) in [6, 6.07) is 14.0. The number of piperazine rings is 1. The van der Waals surface area contributed by atoms with Gasteiger partial charge < -0.3 is 15.5 Å². The highest BCUT2D eigenvalue weighted by molar-refractivity contribution is 6.30. The van der Waals surface area contributed by atoms with E-state index in [-0.39, 0.29) is 17.7 Å². The number of nitrogens with one attached hydrogen (secondary N) is 2. The van der Waals surface area contributed by atoms with Gasteiger partial charge in [-0.2, -0.15) is 0 Å². The number of rotatable bonds is 8. The first-order valence-corrected chi connectivity index (χ1v) is 11.5. The molecular formula is C25H33ClN4O2. The van der Waals surface area contributed by atoms with Crippen LogP contribution in [-0.4, -0.2) is 60.9 Å². The van der Waals surface area contributed by atoms with E-state index >= 15 is 0 Å². The highest BCUT2D eigenvalue weighted by Gasteiger charge is 2.23. The summed E-state index contributed by atoms with van der Waals surface area (Å²) in [6.07, 6.45) is 0.548. The number of nitrogens with zero attached hydrogens (tertiary/aromatic N) is 2. The second kappa shape index (κ2) is 11.5. The van der Waals surface area contributed by atoms with Crippen LogP contribution in [0.5, 0.6) is 0 Å². The molecule has 6 nitrogen and oxygen atoms in total. The Morgan fingerprint density at radius 1 is 1.03 bits per heavy atom. The number of carbonyl (C=O) groups excluding carboxylic acids is 2. The van der Waals surface area contributed by atoms with Crippen LogP contribution in [0.2, 0.25) is 5.02 Å². The molecule has 2 N–H and O–H groups in total. The molecule has 7 heteroatoms. The van der Waals surface area contributed by atoms with Gasteiger partial charge in [0.1, 0.15) is 6.04 Å². The minimum atomic E-state index is -0.625. The number of benzene rings is 2. The van der Waals surface area contributed by atoms with Gasteiger partial charge in [-0.1, -0.05) is 37.6 Å². The van der Waals surface area contributed by atoms with Crippen molar-refractivity contribution in [2.45, 2.75) is 32.9 Å². The average Bonchev–Trinajstić information content (AvgIpc) is 2.75. The van der Waals surface area contributed by atoms with Gasteiger partial charge >= 0.3 is 0 Å². The number of likely N-dealkylation sites (N-methyl/N-ethyl adjacent to an activating group) is 1. The molecule has 0 spiro atoms. The van der Waals surface area contributed by atoms with E-state index in [1.165, 1.54) is 0 Å². The third-order valence-electron chi connectivity index (χ3n) is 5.63. The summed E-state index contributed by atoms with van der Waals surface area (Å²) >= 11 is 5.91. The van der Waals surface area contributed by atoms with Crippen molar-refractivity contribution >= 4 is 29.1 Å². The maximum atomic E-state index is 13.0. The van der Waals surface area contributed by atoms with Crippen LogP contribution in [0.3, 0.4) is 0 Å². The molecule has 0 bridgehead atoms. The Hall–Kier alpha value is -2.41. The lowest BCUT2D eigenvalue weighted by molar-refractivity contribution is -0.118. The van der Waals surface area contributed by atoms with Gasteiger partial charge in [0.2, 0.25) is 5.91 Å². The summed E-state index contributed by atoms with van der Waals surface area (Å²) in [5.74, 6) is -0.246. The highest BCUT2D eigenvalue weighted by atomic mass is 35.5. The van der Waals surface area contributed by atoms with E-state index in [0.717, 1.165) is 44.0 Å². The molecule has 32 heavy (non-hydrogen) atoms. The van der Waals surface area contributed by atoms with Crippen molar-refractivity contribution in [3.63, 3.8) is 0 Å². The fourth-order valence-electron chi connectivity index (χ4n) is 3.79. The van der Waals surface area contributed by atoms with Crippen molar-refractivity contribution in [1.82, 2.24) is 15.1 Å². The molecule has 1 unspecified atom stereocenters. The number of halogens is 1. The molecule has 1 aliphatic heterocycles. The van der Waals surface area contributed by atoms with E-state index in [9.17, 15) is 9.59 Å². The van der Waals surface area contributed by atoms with Crippen molar-refractivity contribution in [2.24, 2.45) is 5.92 Å². The van der Waals surface area contributed by atoms with Crippen LogP contribution in [0.25, 0.3) is 0 Å². The van der Waals surface area contributed by atoms with E-state index in [1.54, 1.807) is 24.3 Å². The van der Waals surface area contributed by atoms with Gasteiger partial charge in [-0.3, -0.25) is 14.5 Å². The molecule has 2 aromatic rings. The molecule has 1 fully saturated rings. The second-order valence-corrected chi connectivity index (χ2v) is 9.37. The Bertz CT molecular complexity index is 908. The van der Waals surface area contributed by atoms with Crippen molar-refractivity contribution in [2.75, 3.05) is 38.5 Å². The smallest absolute Gasteiger partial charge is 0.251 e. The van der Waals surface area contributed by atoms with Crippen molar-refractivity contribution < 1.29 is 9.59 Å². The summed E-state index contributed by atoms with van der Waals surface area (Å²) in [5.41, 5.74) is 2.39. The van der Waals surface area contributed by atoms with Crippen molar-refractivity contribution in [1.29, 1.82) is 0 Å². The quantitative estimate of drug-likeness (QED) is 0.632. The number of carbonyl (C=O) groups is 2. The lowest BCUT2D eigenvalue weighted by Gasteiger charge is -2.32. The van der Waals surface area contributed by atoms with Crippen LogP contribution < -0.4 is 10.6 Å². The molecular weight excluding hydrogens is 424 g/mol. The maximum Gasteiger partial charge on any atom is 0.251 e. The Labute approximate surface area is 195 Å². The topological polar surface area (TPSA) is 64.7 Å². The lowest BCUT2D eigenvalue weighted by atomic mass is 10.0. The van der Waals surface area contributed by atoms with Crippen LogP contribution in [0.4, 0.5) is 5.69 Å². The van der Waals surface area contributed by atoms with E-state index in [1.807, 2.05) is 32.0 Å².